The molecule has 0 aromatic heterocycles. The van der Waals surface area contributed by atoms with E-state index in [-0.39, 0.29) is 12.4 Å². The molecule has 1 saturated carbocycles. The molecule has 2 aromatic carbocycles. The van der Waals surface area contributed by atoms with Crippen molar-refractivity contribution in [1.82, 2.24) is 0 Å². The molecule has 20 heavy (non-hydrogen) atoms. The standard InChI is InChI=1S/C17H14BFO/c18-13-1-4-17(19)12(6-13)9-20-14-2-3-15-10(7-14)5-11-8-16(11)15/h1-4,6-7,11,16H,5,8-9H2. The minimum atomic E-state index is -0.276. The lowest BCUT2D eigenvalue weighted by molar-refractivity contribution is 0.299. The van der Waals surface area contributed by atoms with Gasteiger partial charge in [-0.2, -0.15) is 0 Å². The van der Waals surface area contributed by atoms with Crippen molar-refractivity contribution in [2.45, 2.75) is 25.4 Å². The van der Waals surface area contributed by atoms with E-state index < -0.39 is 0 Å². The summed E-state index contributed by atoms with van der Waals surface area (Å²) in [4.78, 5) is 0. The Hall–Kier alpha value is -1.77. The topological polar surface area (TPSA) is 9.23 Å². The first-order valence-corrected chi connectivity index (χ1v) is 7.00. The van der Waals surface area contributed by atoms with Crippen LogP contribution in [0.25, 0.3) is 0 Å². The van der Waals surface area contributed by atoms with E-state index in [0.717, 1.165) is 17.6 Å². The number of fused-ring (bicyclic) bond motifs is 3. The first-order chi connectivity index (χ1) is 9.70. The summed E-state index contributed by atoms with van der Waals surface area (Å²) < 4.78 is 19.3. The molecule has 0 heterocycles. The van der Waals surface area contributed by atoms with Crippen LogP contribution in [0.4, 0.5) is 4.39 Å². The first kappa shape index (κ1) is 12.0. The average Bonchev–Trinajstić information content (AvgIpc) is 3.12. The lowest BCUT2D eigenvalue weighted by Gasteiger charge is -2.10. The third kappa shape index (κ3) is 2.02. The predicted molar refractivity (Wildman–Crippen MR) is 77.1 cm³/mol. The highest BCUT2D eigenvalue weighted by atomic mass is 19.1. The molecule has 1 fully saturated rings. The van der Waals surface area contributed by atoms with E-state index in [1.165, 1.54) is 30.0 Å². The SMILES string of the molecule is [B]c1ccc(F)c(COc2ccc3c(c2)CC2CC32)c1. The number of hydrogen-bond donors (Lipinski definition) is 0. The van der Waals surface area contributed by atoms with Gasteiger partial charge in [0.2, 0.25) is 0 Å². The number of rotatable bonds is 3. The second-order valence-electron chi connectivity index (χ2n) is 5.81. The van der Waals surface area contributed by atoms with Crippen LogP contribution >= 0.6 is 0 Å². The second kappa shape index (κ2) is 4.37. The summed E-state index contributed by atoms with van der Waals surface area (Å²) in [6.45, 7) is 0.211. The maximum absolute atomic E-state index is 13.6. The molecule has 2 aromatic rings. The third-order valence-corrected chi connectivity index (χ3v) is 4.38. The van der Waals surface area contributed by atoms with Crippen molar-refractivity contribution < 1.29 is 9.13 Å². The molecular formula is C17H14BFO. The summed E-state index contributed by atoms with van der Waals surface area (Å²) in [5.74, 6) is 2.20. The van der Waals surface area contributed by atoms with Gasteiger partial charge in [-0.3, -0.25) is 0 Å². The van der Waals surface area contributed by atoms with E-state index in [1.807, 2.05) is 6.07 Å². The van der Waals surface area contributed by atoms with Gasteiger partial charge in [-0.15, -0.1) is 0 Å². The quantitative estimate of drug-likeness (QED) is 0.774. The normalized spacial score (nSPS) is 22.2. The Balaban J connectivity index is 1.51. The zero-order valence-corrected chi connectivity index (χ0v) is 11.1. The highest BCUT2D eigenvalue weighted by Crippen LogP contribution is 2.56. The van der Waals surface area contributed by atoms with Gasteiger partial charge in [0.1, 0.15) is 26.0 Å². The van der Waals surface area contributed by atoms with Gasteiger partial charge >= 0.3 is 0 Å². The van der Waals surface area contributed by atoms with E-state index in [1.54, 1.807) is 12.1 Å². The molecule has 0 saturated heterocycles. The Morgan fingerprint density at radius 1 is 1.20 bits per heavy atom. The lowest BCUT2D eigenvalue weighted by atomic mass is 9.94. The van der Waals surface area contributed by atoms with Crippen LogP contribution in [-0.2, 0) is 13.0 Å². The minimum absolute atomic E-state index is 0.211. The molecule has 2 atom stereocenters. The van der Waals surface area contributed by atoms with Crippen molar-refractivity contribution in [1.29, 1.82) is 0 Å². The van der Waals surface area contributed by atoms with Gasteiger partial charge in [0.15, 0.2) is 0 Å². The summed E-state index contributed by atoms with van der Waals surface area (Å²) in [6, 6.07) is 10.8. The Morgan fingerprint density at radius 2 is 2.10 bits per heavy atom. The van der Waals surface area contributed by atoms with Gasteiger partial charge in [0.25, 0.3) is 0 Å². The predicted octanol–water partition coefficient (Wildman–Crippen LogP) is 2.86. The van der Waals surface area contributed by atoms with Gasteiger partial charge in [-0.05, 0) is 54.0 Å². The van der Waals surface area contributed by atoms with Crippen LogP contribution in [0, 0.1) is 11.7 Å². The van der Waals surface area contributed by atoms with Crippen LogP contribution in [0.3, 0.4) is 0 Å². The van der Waals surface area contributed by atoms with E-state index in [9.17, 15) is 4.39 Å². The summed E-state index contributed by atoms with van der Waals surface area (Å²) in [5.41, 5.74) is 3.93. The van der Waals surface area contributed by atoms with E-state index in [4.69, 9.17) is 12.6 Å². The van der Waals surface area contributed by atoms with Crippen molar-refractivity contribution in [2.75, 3.05) is 0 Å². The van der Waals surface area contributed by atoms with Gasteiger partial charge in [-0.1, -0.05) is 23.7 Å². The summed E-state index contributed by atoms with van der Waals surface area (Å²) in [5, 5.41) is 0. The van der Waals surface area contributed by atoms with E-state index in [0.29, 0.717) is 11.0 Å². The fourth-order valence-electron chi connectivity index (χ4n) is 3.21. The Bertz CT molecular complexity index is 683. The molecule has 2 aliphatic carbocycles. The van der Waals surface area contributed by atoms with Crippen LogP contribution in [0.1, 0.15) is 29.0 Å². The maximum Gasteiger partial charge on any atom is 0.129 e. The first-order valence-electron chi connectivity index (χ1n) is 7.00. The molecule has 2 radical (unpaired) electrons. The zero-order valence-electron chi connectivity index (χ0n) is 11.1. The summed E-state index contributed by atoms with van der Waals surface area (Å²) in [7, 11) is 5.67. The third-order valence-electron chi connectivity index (χ3n) is 4.38. The molecule has 0 N–H and O–H groups in total. The van der Waals surface area contributed by atoms with Crippen LogP contribution in [0.2, 0.25) is 0 Å². The fourth-order valence-corrected chi connectivity index (χ4v) is 3.21. The van der Waals surface area contributed by atoms with Crippen LogP contribution in [0.5, 0.6) is 5.75 Å². The highest BCUT2D eigenvalue weighted by Gasteiger charge is 2.44. The van der Waals surface area contributed by atoms with Gasteiger partial charge in [-0.25, -0.2) is 4.39 Å². The number of halogens is 1. The van der Waals surface area contributed by atoms with Crippen molar-refractivity contribution in [3.05, 3.63) is 58.9 Å². The molecule has 98 valence electrons. The number of benzene rings is 2. The van der Waals surface area contributed by atoms with Crippen molar-refractivity contribution >= 4 is 13.3 Å². The summed E-state index contributed by atoms with van der Waals surface area (Å²) >= 11 is 0. The van der Waals surface area contributed by atoms with E-state index >= 15 is 0 Å². The summed E-state index contributed by atoms with van der Waals surface area (Å²) in [6.07, 6.45) is 2.52. The molecule has 4 rings (SSSR count). The molecule has 0 spiro atoms. The molecule has 3 heteroatoms. The smallest absolute Gasteiger partial charge is 0.129 e. The largest absolute Gasteiger partial charge is 0.489 e. The fraction of sp³-hybridized carbons (Fsp3) is 0.294. The van der Waals surface area contributed by atoms with Gasteiger partial charge < -0.3 is 4.74 Å². The van der Waals surface area contributed by atoms with Crippen LogP contribution < -0.4 is 10.2 Å². The number of hydrogen-bond acceptors (Lipinski definition) is 1. The van der Waals surface area contributed by atoms with Crippen LogP contribution in [-0.4, -0.2) is 7.85 Å². The molecule has 0 amide bonds. The molecular weight excluding hydrogens is 250 g/mol. The Kier molecular flexibility index (Phi) is 2.63. The number of ether oxygens (including phenoxy) is 1. The highest BCUT2D eigenvalue weighted by molar-refractivity contribution is 6.32. The van der Waals surface area contributed by atoms with E-state index in [2.05, 4.69) is 12.1 Å². The Labute approximate surface area is 119 Å². The van der Waals surface area contributed by atoms with Crippen LogP contribution in [0.15, 0.2) is 36.4 Å². The zero-order chi connectivity index (χ0) is 13.7. The molecule has 0 aliphatic heterocycles. The molecule has 1 nitrogen and oxygen atoms in total. The maximum atomic E-state index is 13.6. The molecule has 2 unspecified atom stereocenters. The van der Waals surface area contributed by atoms with Gasteiger partial charge in [0.05, 0.1) is 0 Å². The van der Waals surface area contributed by atoms with Gasteiger partial charge in [0, 0.05) is 5.56 Å². The minimum Gasteiger partial charge on any atom is -0.489 e. The Morgan fingerprint density at radius 3 is 3.00 bits per heavy atom. The van der Waals surface area contributed by atoms with Crippen molar-refractivity contribution in [3.8, 4) is 5.75 Å². The lowest BCUT2D eigenvalue weighted by Crippen LogP contribution is -2.07. The van der Waals surface area contributed by atoms with Crippen molar-refractivity contribution in [3.63, 3.8) is 0 Å². The second-order valence-corrected chi connectivity index (χ2v) is 5.81. The van der Waals surface area contributed by atoms with Crippen molar-refractivity contribution in [2.24, 2.45) is 5.92 Å². The monoisotopic (exact) mass is 264 g/mol. The molecule has 0 bridgehead atoms. The average molecular weight is 264 g/mol. The molecule has 2 aliphatic rings.